The fraction of sp³-hybridized carbons (Fsp3) is 0.909. The van der Waals surface area contributed by atoms with Gasteiger partial charge in [0.2, 0.25) is 0 Å². The zero-order valence-electron chi connectivity index (χ0n) is 16.8. The molecule has 4 rings (SSSR count). The zero-order valence-corrected chi connectivity index (χ0v) is 19.1. The van der Waals surface area contributed by atoms with Crippen molar-refractivity contribution in [1.82, 2.24) is 0 Å². The smallest absolute Gasteiger partial charge is 0.0774 e. The standard InChI is InChI=1S/C11H17F2N.C11H18FN.Ir/c12-8-4-5-9(10(13)7-8)11-3-1-2-6-14-11;12-10-6-4-9(5-7-10)11-3-1-2-8-13-11;/h5,8-11H,1-4,6-7H2;4,9-11H,1-3,5-8H2;/q2*-2;. The topological polar surface area (TPSA) is 28.2 Å². The quantitative estimate of drug-likeness (QED) is 0.338. The molecule has 2 heterocycles. The molecule has 0 spiro atoms. The van der Waals surface area contributed by atoms with Crippen LogP contribution >= 0.6 is 0 Å². The molecular formula is C22H35F3IrN2-4. The molecular weight excluding hydrogens is 541 g/mol. The van der Waals surface area contributed by atoms with Crippen molar-refractivity contribution in [3.63, 3.8) is 0 Å². The molecule has 2 saturated heterocycles. The Labute approximate surface area is 182 Å². The fourth-order valence-electron chi connectivity index (χ4n) is 4.92. The van der Waals surface area contributed by atoms with Crippen LogP contribution < -0.4 is 0 Å². The van der Waals surface area contributed by atoms with E-state index in [1.165, 1.54) is 19.3 Å². The number of halogens is 3. The van der Waals surface area contributed by atoms with Crippen molar-refractivity contribution < 1.29 is 33.3 Å². The molecule has 7 atom stereocenters. The maximum absolute atomic E-state index is 13.6. The van der Waals surface area contributed by atoms with Gasteiger partial charge in [0.05, 0.1) is 18.5 Å². The van der Waals surface area contributed by atoms with Crippen LogP contribution in [0.2, 0.25) is 0 Å². The fourth-order valence-corrected chi connectivity index (χ4v) is 4.92. The van der Waals surface area contributed by atoms with E-state index in [4.69, 9.17) is 0 Å². The van der Waals surface area contributed by atoms with Crippen molar-refractivity contribution in [3.05, 3.63) is 23.5 Å². The normalized spacial score (nSPS) is 41.9. The molecule has 28 heavy (non-hydrogen) atoms. The molecule has 6 heteroatoms. The second-order valence-electron chi connectivity index (χ2n) is 8.65. The average Bonchev–Trinajstić information content (AvgIpc) is 2.70. The summed E-state index contributed by atoms with van der Waals surface area (Å²) in [6.45, 7) is 1.90. The SMILES string of the molecule is FC1C[CH-]C(C2CCCC[N-]2)C(F)C1.FC1C[CH-]C(C2CCCC[N-]2)CC1.[Ir]. The number of alkyl halides is 3. The molecule has 2 nitrogen and oxygen atoms in total. The van der Waals surface area contributed by atoms with Gasteiger partial charge >= 0.3 is 0 Å². The third-order valence-corrected chi connectivity index (χ3v) is 6.55. The number of rotatable bonds is 2. The van der Waals surface area contributed by atoms with Gasteiger partial charge in [-0.25, -0.2) is 4.39 Å². The van der Waals surface area contributed by atoms with Gasteiger partial charge in [-0.05, 0) is 6.42 Å². The molecule has 0 bridgehead atoms. The Balaban J connectivity index is 0.000000194. The minimum atomic E-state index is -1.01. The van der Waals surface area contributed by atoms with Gasteiger partial charge in [-0.1, -0.05) is 44.9 Å². The van der Waals surface area contributed by atoms with Crippen molar-refractivity contribution in [2.45, 2.75) is 101 Å². The third kappa shape index (κ3) is 7.56. The van der Waals surface area contributed by atoms with Crippen LogP contribution in [-0.4, -0.2) is 43.7 Å². The van der Waals surface area contributed by atoms with Crippen molar-refractivity contribution in [2.24, 2.45) is 11.8 Å². The summed E-state index contributed by atoms with van der Waals surface area (Å²) in [4.78, 5) is 0. The van der Waals surface area contributed by atoms with Crippen LogP contribution in [0.15, 0.2) is 0 Å². The first-order valence-electron chi connectivity index (χ1n) is 11.1. The van der Waals surface area contributed by atoms with Gasteiger partial charge in [-0.3, -0.25) is 8.78 Å². The molecule has 1 radical (unpaired) electrons. The summed E-state index contributed by atoms with van der Waals surface area (Å²) in [5.41, 5.74) is 0. The first-order valence-corrected chi connectivity index (χ1v) is 11.1. The van der Waals surface area contributed by atoms with Crippen LogP contribution in [0.25, 0.3) is 10.6 Å². The summed E-state index contributed by atoms with van der Waals surface area (Å²) in [6.07, 6.45) is 11.4. The van der Waals surface area contributed by atoms with Gasteiger partial charge in [0.15, 0.2) is 0 Å². The van der Waals surface area contributed by atoms with E-state index < -0.39 is 18.5 Å². The largest absolute Gasteiger partial charge is 0.661 e. The van der Waals surface area contributed by atoms with Crippen LogP contribution in [0, 0.1) is 24.7 Å². The molecule has 7 unspecified atom stereocenters. The Kier molecular flexibility index (Phi) is 11.4. The van der Waals surface area contributed by atoms with Crippen molar-refractivity contribution in [2.75, 3.05) is 13.1 Å². The monoisotopic (exact) mass is 577 g/mol. The summed E-state index contributed by atoms with van der Waals surface area (Å²) >= 11 is 0. The second-order valence-corrected chi connectivity index (χ2v) is 8.65. The molecule has 2 aliphatic heterocycles. The zero-order chi connectivity index (χ0) is 19.1. The molecule has 0 aromatic rings. The van der Waals surface area contributed by atoms with Crippen molar-refractivity contribution in [1.29, 1.82) is 0 Å². The first-order chi connectivity index (χ1) is 13.1. The van der Waals surface area contributed by atoms with Gasteiger partial charge in [0.25, 0.3) is 0 Å². The number of hydrogen-bond donors (Lipinski definition) is 0. The van der Waals surface area contributed by atoms with E-state index in [0.29, 0.717) is 24.8 Å². The third-order valence-electron chi connectivity index (χ3n) is 6.55. The predicted molar refractivity (Wildman–Crippen MR) is 105 cm³/mol. The molecule has 167 valence electrons. The Morgan fingerprint density at radius 1 is 0.679 bits per heavy atom. The van der Waals surface area contributed by atoms with Crippen LogP contribution in [-0.2, 0) is 20.1 Å². The van der Waals surface area contributed by atoms with Gasteiger partial charge < -0.3 is 23.5 Å². The molecule has 0 aromatic heterocycles. The Morgan fingerprint density at radius 2 is 1.32 bits per heavy atom. The maximum Gasteiger partial charge on any atom is 0.0774 e. The molecule has 4 fully saturated rings. The molecule has 0 aromatic carbocycles. The minimum Gasteiger partial charge on any atom is -0.661 e. The van der Waals surface area contributed by atoms with Gasteiger partial charge in [-0.2, -0.15) is 23.9 Å². The van der Waals surface area contributed by atoms with Crippen LogP contribution in [0.1, 0.15) is 70.6 Å². The summed E-state index contributed by atoms with van der Waals surface area (Å²) in [6, 6.07) is 0.660. The van der Waals surface area contributed by atoms with Crippen molar-refractivity contribution in [3.8, 4) is 0 Å². The van der Waals surface area contributed by atoms with Crippen LogP contribution in [0.5, 0.6) is 0 Å². The Hall–Kier alpha value is 0.359. The van der Waals surface area contributed by atoms with Gasteiger partial charge in [0.1, 0.15) is 0 Å². The summed E-state index contributed by atoms with van der Waals surface area (Å²) in [5, 5.41) is 9.06. The first kappa shape index (κ1) is 24.6. The van der Waals surface area contributed by atoms with Crippen LogP contribution in [0.4, 0.5) is 13.2 Å². The Morgan fingerprint density at radius 3 is 1.86 bits per heavy atom. The van der Waals surface area contributed by atoms with E-state index in [9.17, 15) is 13.2 Å². The molecule has 4 aliphatic rings. The van der Waals surface area contributed by atoms with E-state index in [0.717, 1.165) is 45.2 Å². The minimum absolute atomic E-state index is 0. The summed E-state index contributed by atoms with van der Waals surface area (Å²) < 4.78 is 39.3. The second kappa shape index (κ2) is 12.9. The van der Waals surface area contributed by atoms with E-state index in [1.807, 2.05) is 6.42 Å². The van der Waals surface area contributed by atoms with Gasteiger partial charge in [-0.15, -0.1) is 25.9 Å². The number of piperidine rings is 2. The molecule has 2 saturated carbocycles. The number of nitrogens with zero attached hydrogens (tertiary/aromatic N) is 2. The maximum atomic E-state index is 13.6. The average molecular weight is 577 g/mol. The summed E-state index contributed by atoms with van der Waals surface area (Å²) in [5.74, 6) is 0.481. The predicted octanol–water partition coefficient (Wildman–Crippen LogP) is 6.46. The van der Waals surface area contributed by atoms with Crippen molar-refractivity contribution >= 4 is 0 Å². The molecule has 2 aliphatic carbocycles. The van der Waals surface area contributed by atoms with Gasteiger partial charge in [0, 0.05) is 26.5 Å². The molecule has 0 N–H and O–H groups in total. The van der Waals surface area contributed by atoms with E-state index in [2.05, 4.69) is 17.1 Å². The molecule has 0 amide bonds. The van der Waals surface area contributed by atoms with E-state index >= 15 is 0 Å². The van der Waals surface area contributed by atoms with E-state index in [1.54, 1.807) is 0 Å². The number of hydrogen-bond acceptors (Lipinski definition) is 0. The van der Waals surface area contributed by atoms with Crippen LogP contribution in [0.3, 0.4) is 0 Å². The Bertz CT molecular complexity index is 409. The summed E-state index contributed by atoms with van der Waals surface area (Å²) in [7, 11) is 0. The van der Waals surface area contributed by atoms with E-state index in [-0.39, 0.29) is 38.5 Å².